The van der Waals surface area contributed by atoms with Crippen LogP contribution in [0, 0.1) is 0 Å². The van der Waals surface area contributed by atoms with Crippen LogP contribution in [-0.2, 0) is 11.3 Å². The van der Waals surface area contributed by atoms with E-state index in [-0.39, 0.29) is 11.6 Å². The van der Waals surface area contributed by atoms with Gasteiger partial charge in [-0.15, -0.1) is 0 Å². The quantitative estimate of drug-likeness (QED) is 0.920. The third kappa shape index (κ3) is 3.75. The van der Waals surface area contributed by atoms with Gasteiger partial charge in [-0.3, -0.25) is 14.3 Å². The minimum Gasteiger partial charge on any atom is -0.341 e. The molecule has 0 radical (unpaired) electrons. The van der Waals surface area contributed by atoms with Crippen LogP contribution in [0.4, 0.5) is 0 Å². The largest absolute Gasteiger partial charge is 0.341 e. The highest BCUT2D eigenvalue weighted by Gasteiger charge is 2.25. The van der Waals surface area contributed by atoms with Gasteiger partial charge in [-0.25, -0.2) is 0 Å². The number of aryl methyl sites for hydroxylation is 1. The fourth-order valence-corrected chi connectivity index (χ4v) is 2.66. The lowest BCUT2D eigenvalue weighted by atomic mass is 10.1. The molecule has 7 heteroatoms. The maximum atomic E-state index is 12.3. The van der Waals surface area contributed by atoms with Gasteiger partial charge in [-0.2, -0.15) is 5.10 Å². The van der Waals surface area contributed by atoms with E-state index in [0.29, 0.717) is 11.6 Å². The first-order valence-electron chi connectivity index (χ1n) is 7.35. The molecule has 1 unspecified atom stereocenters. The third-order valence-electron chi connectivity index (χ3n) is 3.64. The molecule has 2 rings (SSSR count). The minimum absolute atomic E-state index is 0.0471. The van der Waals surface area contributed by atoms with E-state index in [9.17, 15) is 9.59 Å². The van der Waals surface area contributed by atoms with Crippen molar-refractivity contribution in [1.82, 2.24) is 20.0 Å². The second-order valence-electron chi connectivity index (χ2n) is 5.26. The molecule has 0 bridgehead atoms. The van der Waals surface area contributed by atoms with Crippen LogP contribution in [0.1, 0.15) is 43.6 Å². The molecule has 1 aromatic heterocycles. The van der Waals surface area contributed by atoms with Gasteiger partial charge in [0.05, 0.1) is 5.02 Å². The van der Waals surface area contributed by atoms with E-state index in [1.807, 2.05) is 6.92 Å². The van der Waals surface area contributed by atoms with E-state index in [1.165, 1.54) is 0 Å². The van der Waals surface area contributed by atoms with Crippen LogP contribution in [0.3, 0.4) is 0 Å². The lowest BCUT2D eigenvalue weighted by molar-refractivity contribution is -0.133. The first-order valence-corrected chi connectivity index (χ1v) is 7.73. The molecule has 0 spiro atoms. The number of nitrogens with zero attached hydrogens (tertiary/aromatic N) is 3. The highest BCUT2D eigenvalue weighted by molar-refractivity contribution is 6.33. The molecule has 2 heterocycles. The molecule has 0 aliphatic carbocycles. The van der Waals surface area contributed by atoms with Gasteiger partial charge in [0.15, 0.2) is 5.69 Å². The number of nitrogens with one attached hydrogen (secondary N) is 1. The van der Waals surface area contributed by atoms with E-state index < -0.39 is 11.9 Å². The summed E-state index contributed by atoms with van der Waals surface area (Å²) in [7, 11) is 0. The zero-order valence-corrected chi connectivity index (χ0v) is 13.2. The van der Waals surface area contributed by atoms with Crippen molar-refractivity contribution in [2.75, 3.05) is 13.1 Å². The van der Waals surface area contributed by atoms with Gasteiger partial charge < -0.3 is 10.2 Å². The number of amides is 2. The number of rotatable bonds is 4. The molecule has 0 aromatic carbocycles. The summed E-state index contributed by atoms with van der Waals surface area (Å²) in [6.07, 6.45) is 4.82. The Morgan fingerprint density at radius 3 is 2.62 bits per heavy atom. The molecular formula is C14H21ClN4O2. The molecule has 116 valence electrons. The summed E-state index contributed by atoms with van der Waals surface area (Å²) in [5.41, 5.74) is 0.164. The molecular weight excluding hydrogens is 292 g/mol. The van der Waals surface area contributed by atoms with Crippen molar-refractivity contribution in [1.29, 1.82) is 0 Å². The average Bonchev–Trinajstić information content (AvgIpc) is 2.88. The lowest BCUT2D eigenvalue weighted by Gasteiger charge is -2.29. The van der Waals surface area contributed by atoms with Gasteiger partial charge in [0, 0.05) is 25.8 Å². The van der Waals surface area contributed by atoms with Crippen LogP contribution in [0.25, 0.3) is 0 Å². The molecule has 6 nitrogen and oxygen atoms in total. The van der Waals surface area contributed by atoms with Crippen molar-refractivity contribution in [3.63, 3.8) is 0 Å². The van der Waals surface area contributed by atoms with Crippen LogP contribution in [0.2, 0.25) is 5.02 Å². The Labute approximate surface area is 129 Å². The normalized spacial score (nSPS) is 16.6. The molecule has 21 heavy (non-hydrogen) atoms. The second-order valence-corrected chi connectivity index (χ2v) is 5.67. The number of carbonyl (C=O) groups excluding carboxylic acids is 2. The van der Waals surface area contributed by atoms with Gasteiger partial charge in [0.1, 0.15) is 6.04 Å². The maximum Gasteiger partial charge on any atom is 0.273 e. The van der Waals surface area contributed by atoms with Crippen molar-refractivity contribution in [3.8, 4) is 0 Å². The molecule has 2 amide bonds. The van der Waals surface area contributed by atoms with Gasteiger partial charge in [0.2, 0.25) is 5.91 Å². The Balaban J connectivity index is 1.97. The molecule has 1 atom stereocenters. The van der Waals surface area contributed by atoms with Gasteiger partial charge >= 0.3 is 0 Å². The van der Waals surface area contributed by atoms with Crippen molar-refractivity contribution in [3.05, 3.63) is 16.9 Å². The summed E-state index contributed by atoms with van der Waals surface area (Å²) in [4.78, 5) is 26.2. The SMILES string of the molecule is CCn1cc(Cl)c(C(=O)NC(C)C(=O)N2CCCCC2)n1. The summed E-state index contributed by atoms with van der Waals surface area (Å²) in [6, 6.07) is -0.571. The van der Waals surface area contributed by atoms with Crippen molar-refractivity contribution >= 4 is 23.4 Å². The lowest BCUT2D eigenvalue weighted by Crippen LogP contribution is -2.48. The monoisotopic (exact) mass is 312 g/mol. The van der Waals surface area contributed by atoms with E-state index in [4.69, 9.17) is 11.6 Å². The van der Waals surface area contributed by atoms with Crippen LogP contribution in [0.5, 0.6) is 0 Å². The second kappa shape index (κ2) is 6.93. The third-order valence-corrected chi connectivity index (χ3v) is 3.92. The number of aromatic nitrogens is 2. The minimum atomic E-state index is -0.571. The topological polar surface area (TPSA) is 67.2 Å². The van der Waals surface area contributed by atoms with Crippen LogP contribution >= 0.6 is 11.6 Å². The fraction of sp³-hybridized carbons (Fsp3) is 0.643. The molecule has 1 aromatic rings. The molecule has 0 saturated carbocycles. The van der Waals surface area contributed by atoms with Crippen LogP contribution in [-0.4, -0.2) is 45.6 Å². The molecule has 1 N–H and O–H groups in total. The first kappa shape index (κ1) is 15.8. The van der Waals surface area contributed by atoms with E-state index in [0.717, 1.165) is 32.4 Å². The summed E-state index contributed by atoms with van der Waals surface area (Å²) in [5, 5.41) is 7.08. The fourth-order valence-electron chi connectivity index (χ4n) is 2.43. The number of hydrogen-bond donors (Lipinski definition) is 1. The Bertz CT molecular complexity index is 523. The number of likely N-dealkylation sites (tertiary alicyclic amines) is 1. The predicted octanol–water partition coefficient (Wildman–Crippen LogP) is 1.69. The predicted molar refractivity (Wildman–Crippen MR) is 80.3 cm³/mol. The number of piperidine rings is 1. The van der Waals surface area contributed by atoms with E-state index in [1.54, 1.807) is 22.7 Å². The van der Waals surface area contributed by atoms with Crippen molar-refractivity contribution in [2.24, 2.45) is 0 Å². The first-order chi connectivity index (χ1) is 10.0. The highest BCUT2D eigenvalue weighted by atomic mass is 35.5. The smallest absolute Gasteiger partial charge is 0.273 e. The summed E-state index contributed by atoms with van der Waals surface area (Å²) in [6.45, 7) is 5.77. The van der Waals surface area contributed by atoms with Gasteiger partial charge in [-0.1, -0.05) is 11.6 Å². The average molecular weight is 313 g/mol. The Morgan fingerprint density at radius 2 is 2.05 bits per heavy atom. The van der Waals surface area contributed by atoms with Crippen LogP contribution < -0.4 is 5.32 Å². The number of hydrogen-bond acceptors (Lipinski definition) is 3. The molecule has 1 aliphatic rings. The van der Waals surface area contributed by atoms with E-state index in [2.05, 4.69) is 10.4 Å². The Morgan fingerprint density at radius 1 is 1.38 bits per heavy atom. The number of halogens is 1. The van der Waals surface area contributed by atoms with Crippen molar-refractivity contribution in [2.45, 2.75) is 45.7 Å². The Hall–Kier alpha value is -1.56. The van der Waals surface area contributed by atoms with Crippen LogP contribution in [0.15, 0.2) is 6.20 Å². The zero-order valence-electron chi connectivity index (χ0n) is 12.4. The van der Waals surface area contributed by atoms with E-state index >= 15 is 0 Å². The Kier molecular flexibility index (Phi) is 5.22. The molecule has 1 saturated heterocycles. The summed E-state index contributed by atoms with van der Waals surface area (Å²) in [5.74, 6) is -0.459. The highest BCUT2D eigenvalue weighted by Crippen LogP contribution is 2.14. The van der Waals surface area contributed by atoms with Crippen molar-refractivity contribution < 1.29 is 9.59 Å². The summed E-state index contributed by atoms with van der Waals surface area (Å²) < 4.78 is 1.59. The summed E-state index contributed by atoms with van der Waals surface area (Å²) >= 11 is 5.99. The van der Waals surface area contributed by atoms with Gasteiger partial charge in [-0.05, 0) is 33.1 Å². The molecule has 1 fully saturated rings. The van der Waals surface area contributed by atoms with Gasteiger partial charge in [0.25, 0.3) is 5.91 Å². The molecule has 1 aliphatic heterocycles. The maximum absolute atomic E-state index is 12.3. The standard InChI is InChI=1S/C14H21ClN4O2/c1-3-19-9-11(15)12(17-19)13(20)16-10(2)14(21)18-7-5-4-6-8-18/h9-10H,3-8H2,1-2H3,(H,16,20). The number of carbonyl (C=O) groups is 2. The zero-order chi connectivity index (χ0) is 15.4.